The van der Waals surface area contributed by atoms with E-state index in [1.54, 1.807) is 16.7 Å². The van der Waals surface area contributed by atoms with Crippen molar-refractivity contribution in [3.63, 3.8) is 0 Å². The molecule has 0 amide bonds. The molecule has 74 valence electrons. The summed E-state index contributed by atoms with van der Waals surface area (Å²) in [6, 6.07) is 4.86. The van der Waals surface area contributed by atoms with Gasteiger partial charge in [-0.1, -0.05) is 6.07 Å². The lowest BCUT2D eigenvalue weighted by Crippen LogP contribution is -2.14. The van der Waals surface area contributed by atoms with Crippen LogP contribution in [0.3, 0.4) is 0 Å². The van der Waals surface area contributed by atoms with Gasteiger partial charge in [-0.05, 0) is 61.3 Å². The molecular weight excluding hydrogens is 170 g/mol. The molecule has 14 heavy (non-hydrogen) atoms. The average Bonchev–Trinajstić information content (AvgIpc) is 2.26. The molecule has 1 aliphatic carbocycles. The quantitative estimate of drug-likeness (QED) is 0.658. The van der Waals surface area contributed by atoms with Gasteiger partial charge in [0.05, 0.1) is 0 Å². The minimum Gasteiger partial charge on any atom is -0.385 e. The molecule has 0 saturated heterocycles. The molecule has 1 nitrogen and oxygen atoms in total. The van der Waals surface area contributed by atoms with E-state index in [4.69, 9.17) is 0 Å². The van der Waals surface area contributed by atoms with Crippen molar-refractivity contribution in [2.45, 2.75) is 38.5 Å². The Morgan fingerprint density at radius 3 is 2.36 bits per heavy atom. The zero-order valence-corrected chi connectivity index (χ0v) is 8.60. The van der Waals surface area contributed by atoms with E-state index in [0.717, 1.165) is 6.54 Å². The van der Waals surface area contributed by atoms with E-state index in [-0.39, 0.29) is 0 Å². The van der Waals surface area contributed by atoms with Crippen molar-refractivity contribution in [3.8, 4) is 0 Å². The normalized spacial score (nSPS) is 19.4. The lowest BCUT2D eigenvalue weighted by atomic mass is 9.88. The fourth-order valence-corrected chi connectivity index (χ4v) is 2.71. The van der Waals surface area contributed by atoms with Gasteiger partial charge in [-0.15, -0.1) is 0 Å². The predicted octanol–water partition coefficient (Wildman–Crippen LogP) is 2.92. The van der Waals surface area contributed by atoms with Gasteiger partial charge in [0.1, 0.15) is 0 Å². The lowest BCUT2D eigenvalue weighted by molar-refractivity contribution is 0.682. The summed E-state index contributed by atoms with van der Waals surface area (Å²) in [5, 5.41) is 3.51. The minimum atomic E-state index is 1.16. The van der Waals surface area contributed by atoms with Gasteiger partial charge < -0.3 is 5.32 Å². The van der Waals surface area contributed by atoms with E-state index in [2.05, 4.69) is 17.4 Å². The van der Waals surface area contributed by atoms with Gasteiger partial charge in [-0.25, -0.2) is 0 Å². The fourth-order valence-electron chi connectivity index (χ4n) is 2.71. The maximum atomic E-state index is 3.51. The third-order valence-electron chi connectivity index (χ3n) is 3.51. The summed E-state index contributed by atoms with van der Waals surface area (Å²) in [7, 11) is 0. The number of aryl methyl sites for hydroxylation is 3. The van der Waals surface area contributed by atoms with Crippen LogP contribution in [0.1, 0.15) is 36.0 Å². The van der Waals surface area contributed by atoms with Crippen molar-refractivity contribution in [2.24, 2.45) is 0 Å². The standard InChI is InChI=1S/C13H17N/c1-2-5-11-9-13-12(6-3-7-14-13)8-10(11)4-1/h8-9,14H,1-7H2. The van der Waals surface area contributed by atoms with Crippen molar-refractivity contribution in [3.05, 3.63) is 28.8 Å². The van der Waals surface area contributed by atoms with Crippen LogP contribution in [-0.2, 0) is 19.3 Å². The number of rotatable bonds is 0. The molecule has 0 bridgehead atoms. The maximum absolute atomic E-state index is 3.51. The Morgan fingerprint density at radius 1 is 0.786 bits per heavy atom. The molecule has 0 radical (unpaired) electrons. The van der Waals surface area contributed by atoms with Crippen LogP contribution in [0.5, 0.6) is 0 Å². The molecule has 0 unspecified atom stereocenters. The Balaban J connectivity index is 2.06. The highest BCUT2D eigenvalue weighted by atomic mass is 14.9. The van der Waals surface area contributed by atoms with Gasteiger partial charge in [0.2, 0.25) is 0 Å². The summed E-state index contributed by atoms with van der Waals surface area (Å²) >= 11 is 0. The monoisotopic (exact) mass is 187 g/mol. The van der Waals surface area contributed by atoms with E-state index in [1.807, 2.05) is 0 Å². The van der Waals surface area contributed by atoms with E-state index < -0.39 is 0 Å². The number of hydrogen-bond donors (Lipinski definition) is 1. The smallest absolute Gasteiger partial charge is 0.0375 e. The molecule has 0 spiro atoms. The molecule has 1 heteroatoms. The molecule has 0 atom stereocenters. The first-order chi connectivity index (χ1) is 6.93. The summed E-state index contributed by atoms with van der Waals surface area (Å²) in [5.74, 6) is 0. The molecule has 2 aliphatic rings. The molecule has 1 aromatic carbocycles. The van der Waals surface area contributed by atoms with Crippen LogP contribution in [-0.4, -0.2) is 6.54 Å². The Labute approximate surface area is 85.5 Å². The Bertz CT molecular complexity index is 288. The largest absolute Gasteiger partial charge is 0.385 e. The fraction of sp³-hybridized carbons (Fsp3) is 0.538. The third kappa shape index (κ3) is 1.31. The van der Waals surface area contributed by atoms with Crippen LogP contribution in [0.25, 0.3) is 0 Å². The zero-order chi connectivity index (χ0) is 9.38. The van der Waals surface area contributed by atoms with E-state index in [0.29, 0.717) is 0 Å². The Hall–Kier alpha value is -0.980. The van der Waals surface area contributed by atoms with Crippen LogP contribution in [0.2, 0.25) is 0 Å². The predicted molar refractivity (Wildman–Crippen MR) is 59.9 cm³/mol. The van der Waals surface area contributed by atoms with Gasteiger partial charge in [0.15, 0.2) is 0 Å². The van der Waals surface area contributed by atoms with Crippen LogP contribution < -0.4 is 5.32 Å². The molecule has 1 aliphatic heterocycles. The number of benzene rings is 1. The average molecular weight is 187 g/mol. The van der Waals surface area contributed by atoms with Gasteiger partial charge in [0.25, 0.3) is 0 Å². The Morgan fingerprint density at radius 2 is 1.50 bits per heavy atom. The number of nitrogens with one attached hydrogen (secondary N) is 1. The van der Waals surface area contributed by atoms with Crippen LogP contribution in [0, 0.1) is 0 Å². The summed E-state index contributed by atoms with van der Waals surface area (Å²) in [4.78, 5) is 0. The topological polar surface area (TPSA) is 12.0 Å². The summed E-state index contributed by atoms with van der Waals surface area (Å²) < 4.78 is 0. The summed E-state index contributed by atoms with van der Waals surface area (Å²) in [6.45, 7) is 1.16. The number of anilines is 1. The van der Waals surface area contributed by atoms with E-state index in [1.165, 1.54) is 44.2 Å². The van der Waals surface area contributed by atoms with Crippen LogP contribution >= 0.6 is 0 Å². The summed E-state index contributed by atoms with van der Waals surface area (Å²) in [6.07, 6.45) is 7.94. The molecule has 1 N–H and O–H groups in total. The van der Waals surface area contributed by atoms with Gasteiger partial charge in [-0.3, -0.25) is 0 Å². The van der Waals surface area contributed by atoms with Crippen LogP contribution in [0.15, 0.2) is 12.1 Å². The van der Waals surface area contributed by atoms with E-state index >= 15 is 0 Å². The lowest BCUT2D eigenvalue weighted by Gasteiger charge is -2.23. The first kappa shape index (κ1) is 8.34. The highest BCUT2D eigenvalue weighted by Gasteiger charge is 2.14. The maximum Gasteiger partial charge on any atom is 0.0375 e. The molecule has 3 rings (SSSR count). The SMILES string of the molecule is c1c2c(cc3c1CCCN3)CCCC2. The zero-order valence-electron chi connectivity index (χ0n) is 8.60. The van der Waals surface area contributed by atoms with Crippen molar-refractivity contribution >= 4 is 5.69 Å². The second kappa shape index (κ2) is 3.30. The van der Waals surface area contributed by atoms with Crippen molar-refractivity contribution in [1.82, 2.24) is 0 Å². The highest BCUT2D eigenvalue weighted by molar-refractivity contribution is 5.57. The van der Waals surface area contributed by atoms with Crippen molar-refractivity contribution in [2.75, 3.05) is 11.9 Å². The number of hydrogen-bond acceptors (Lipinski definition) is 1. The first-order valence-electron chi connectivity index (χ1n) is 5.82. The van der Waals surface area contributed by atoms with Gasteiger partial charge in [-0.2, -0.15) is 0 Å². The third-order valence-corrected chi connectivity index (χ3v) is 3.51. The number of fused-ring (bicyclic) bond motifs is 2. The molecule has 0 fully saturated rings. The molecule has 0 aromatic heterocycles. The second-order valence-electron chi connectivity index (χ2n) is 4.52. The minimum absolute atomic E-state index is 1.16. The molecular formula is C13H17N. The van der Waals surface area contributed by atoms with Gasteiger partial charge in [0, 0.05) is 12.2 Å². The second-order valence-corrected chi connectivity index (χ2v) is 4.52. The van der Waals surface area contributed by atoms with E-state index in [9.17, 15) is 0 Å². The van der Waals surface area contributed by atoms with Crippen molar-refractivity contribution in [1.29, 1.82) is 0 Å². The van der Waals surface area contributed by atoms with Crippen molar-refractivity contribution < 1.29 is 0 Å². The molecule has 1 heterocycles. The summed E-state index contributed by atoms with van der Waals surface area (Å²) in [5.41, 5.74) is 6.19. The first-order valence-corrected chi connectivity index (χ1v) is 5.82. The molecule has 0 saturated carbocycles. The Kier molecular flexibility index (Phi) is 1.97. The highest BCUT2D eigenvalue weighted by Crippen LogP contribution is 2.30. The molecule has 1 aromatic rings. The van der Waals surface area contributed by atoms with Gasteiger partial charge >= 0.3 is 0 Å². The van der Waals surface area contributed by atoms with Crippen LogP contribution in [0.4, 0.5) is 5.69 Å².